The molecule has 0 N–H and O–H groups in total. The Morgan fingerprint density at radius 1 is 0.667 bits per heavy atom. The third-order valence-corrected chi connectivity index (χ3v) is 2.45. The summed E-state index contributed by atoms with van der Waals surface area (Å²) in [6.45, 7) is 1.11. The molecule has 0 aromatic rings. The zero-order chi connectivity index (χ0) is 14.5. The lowest BCUT2D eigenvalue weighted by Crippen LogP contribution is -2.34. The summed E-state index contributed by atoms with van der Waals surface area (Å²) >= 11 is 0. The van der Waals surface area contributed by atoms with Crippen LogP contribution in [0.1, 0.15) is 13.8 Å². The summed E-state index contributed by atoms with van der Waals surface area (Å²) in [4.78, 5) is 22.6. The predicted octanol–water partition coefficient (Wildman–Crippen LogP) is 2.90. The normalized spacial score (nSPS) is 18.9. The van der Waals surface area contributed by atoms with Crippen LogP contribution in [0.3, 0.4) is 0 Å². The van der Waals surface area contributed by atoms with Crippen LogP contribution in [0.4, 0.5) is 26.3 Å². The Kier molecular flexibility index (Phi) is 3.18. The van der Waals surface area contributed by atoms with Crippen LogP contribution >= 0.6 is 0 Å². The molecule has 2 nitrogen and oxygen atoms in total. The summed E-state index contributed by atoms with van der Waals surface area (Å²) in [5.41, 5.74) is -6.13. The molecule has 0 aromatic carbocycles. The first-order valence-corrected chi connectivity index (χ1v) is 4.54. The van der Waals surface area contributed by atoms with Crippen LogP contribution in [0.2, 0.25) is 0 Å². The van der Waals surface area contributed by atoms with Crippen molar-refractivity contribution in [3.63, 3.8) is 0 Å². The summed E-state index contributed by atoms with van der Waals surface area (Å²) in [6.07, 6.45) is -10.3. The van der Waals surface area contributed by atoms with E-state index in [2.05, 4.69) is 0 Å². The molecule has 0 amide bonds. The monoisotopic (exact) mass is 272 g/mol. The third kappa shape index (κ3) is 2.19. The zero-order valence-corrected chi connectivity index (χ0v) is 9.08. The van der Waals surface area contributed by atoms with E-state index in [-0.39, 0.29) is 0 Å². The van der Waals surface area contributed by atoms with E-state index in [0.29, 0.717) is 13.8 Å². The van der Waals surface area contributed by atoms with E-state index in [1.54, 1.807) is 0 Å². The van der Waals surface area contributed by atoms with Crippen LogP contribution in [-0.4, -0.2) is 23.9 Å². The lowest BCUT2D eigenvalue weighted by molar-refractivity contribution is -0.136. The first kappa shape index (κ1) is 14.5. The molecule has 1 rings (SSSR count). The molecule has 0 saturated heterocycles. The molecule has 8 heteroatoms. The molecule has 0 spiro atoms. The van der Waals surface area contributed by atoms with E-state index in [0.717, 1.165) is 0 Å². The largest absolute Gasteiger partial charge is 0.420 e. The van der Waals surface area contributed by atoms with E-state index < -0.39 is 46.2 Å². The van der Waals surface area contributed by atoms with Gasteiger partial charge in [-0.2, -0.15) is 26.3 Å². The number of hydrogen-bond acceptors (Lipinski definition) is 2. The van der Waals surface area contributed by atoms with Crippen molar-refractivity contribution in [2.45, 2.75) is 26.2 Å². The predicted molar refractivity (Wildman–Crippen MR) is 47.5 cm³/mol. The van der Waals surface area contributed by atoms with Crippen LogP contribution in [0.5, 0.6) is 0 Å². The Labute approximate surface area is 97.0 Å². The molecular weight excluding hydrogens is 266 g/mol. The van der Waals surface area contributed by atoms with Gasteiger partial charge in [0.05, 0.1) is 0 Å². The van der Waals surface area contributed by atoms with Gasteiger partial charge in [-0.15, -0.1) is 0 Å². The number of carbonyl (C=O) groups excluding carboxylic acids is 2. The number of rotatable bonds is 0. The molecule has 0 bridgehead atoms. The molecule has 1 aliphatic carbocycles. The highest BCUT2D eigenvalue weighted by Gasteiger charge is 2.51. The van der Waals surface area contributed by atoms with Crippen LogP contribution in [0.15, 0.2) is 22.3 Å². The molecule has 18 heavy (non-hydrogen) atoms. The van der Waals surface area contributed by atoms with E-state index in [1.807, 2.05) is 0 Å². The van der Waals surface area contributed by atoms with Gasteiger partial charge in [-0.1, -0.05) is 0 Å². The van der Waals surface area contributed by atoms with Crippen LogP contribution in [0.25, 0.3) is 0 Å². The van der Waals surface area contributed by atoms with Crippen molar-refractivity contribution < 1.29 is 35.9 Å². The minimum Gasteiger partial charge on any atom is -0.289 e. The summed E-state index contributed by atoms with van der Waals surface area (Å²) in [7, 11) is 0. The Bertz CT molecular complexity index is 443. The lowest BCUT2D eigenvalue weighted by Gasteiger charge is -2.23. The van der Waals surface area contributed by atoms with Crippen LogP contribution < -0.4 is 0 Å². The van der Waals surface area contributed by atoms with E-state index in [4.69, 9.17) is 0 Å². The van der Waals surface area contributed by atoms with Crippen molar-refractivity contribution in [1.29, 1.82) is 0 Å². The Hall–Kier alpha value is -1.60. The Balaban J connectivity index is 3.52. The second kappa shape index (κ2) is 3.96. The van der Waals surface area contributed by atoms with Gasteiger partial charge in [-0.3, -0.25) is 9.59 Å². The fourth-order valence-corrected chi connectivity index (χ4v) is 1.63. The molecule has 100 valence electrons. The quantitative estimate of drug-likeness (QED) is 0.502. The maximum atomic E-state index is 12.5. The van der Waals surface area contributed by atoms with Gasteiger partial charge in [0.15, 0.2) is 11.6 Å². The molecule has 0 saturated carbocycles. The topological polar surface area (TPSA) is 34.1 Å². The number of allylic oxidation sites excluding steroid dienone is 4. The van der Waals surface area contributed by atoms with Gasteiger partial charge in [0.2, 0.25) is 0 Å². The highest BCUT2D eigenvalue weighted by Crippen LogP contribution is 2.40. The maximum absolute atomic E-state index is 12.5. The fraction of sp³-hybridized carbons (Fsp3) is 0.400. The Morgan fingerprint density at radius 2 is 0.889 bits per heavy atom. The molecule has 0 unspecified atom stereocenters. The standard InChI is InChI=1S/C10H6F6O2/c1-3-5(9(11,12)13)8(18)4(2)6(7(3)17)10(14,15)16/h1-2H3. The first-order chi connectivity index (χ1) is 7.89. The number of alkyl halides is 6. The minimum atomic E-state index is -5.16. The van der Waals surface area contributed by atoms with E-state index >= 15 is 0 Å². The number of ketones is 2. The van der Waals surface area contributed by atoms with Gasteiger partial charge < -0.3 is 0 Å². The van der Waals surface area contributed by atoms with Crippen molar-refractivity contribution in [3.8, 4) is 0 Å². The molecule has 0 radical (unpaired) electrons. The average molecular weight is 272 g/mol. The molecule has 0 heterocycles. The van der Waals surface area contributed by atoms with Gasteiger partial charge in [-0.05, 0) is 13.8 Å². The lowest BCUT2D eigenvalue weighted by atomic mass is 9.84. The summed E-state index contributed by atoms with van der Waals surface area (Å²) in [5.74, 6) is -3.63. The van der Waals surface area contributed by atoms with Gasteiger partial charge in [0.1, 0.15) is 11.1 Å². The first-order valence-electron chi connectivity index (χ1n) is 4.54. The molecular formula is C10H6F6O2. The molecule has 0 aromatic heterocycles. The van der Waals surface area contributed by atoms with Gasteiger partial charge in [-0.25, -0.2) is 0 Å². The van der Waals surface area contributed by atoms with Crippen molar-refractivity contribution in [2.24, 2.45) is 0 Å². The van der Waals surface area contributed by atoms with Crippen LogP contribution in [-0.2, 0) is 9.59 Å². The SMILES string of the molecule is CC1=C(C(F)(F)F)C(=O)C(C)=C(C(F)(F)F)C1=O. The molecule has 0 fully saturated rings. The van der Waals surface area contributed by atoms with Crippen molar-refractivity contribution in [3.05, 3.63) is 22.3 Å². The van der Waals surface area contributed by atoms with E-state index in [9.17, 15) is 35.9 Å². The van der Waals surface area contributed by atoms with Crippen molar-refractivity contribution >= 4 is 11.6 Å². The third-order valence-electron chi connectivity index (χ3n) is 2.45. The minimum absolute atomic E-state index is 0.557. The summed E-state index contributed by atoms with van der Waals surface area (Å²) < 4.78 is 74.9. The van der Waals surface area contributed by atoms with Gasteiger partial charge in [0, 0.05) is 11.1 Å². The maximum Gasteiger partial charge on any atom is 0.420 e. The number of halogens is 6. The molecule has 1 aliphatic rings. The number of carbonyl (C=O) groups is 2. The second-order valence-electron chi connectivity index (χ2n) is 3.65. The summed E-state index contributed by atoms with van der Waals surface area (Å²) in [5, 5.41) is 0. The highest BCUT2D eigenvalue weighted by molar-refractivity contribution is 6.25. The average Bonchev–Trinajstić information content (AvgIpc) is 2.10. The van der Waals surface area contributed by atoms with Crippen LogP contribution in [0, 0.1) is 0 Å². The summed E-state index contributed by atoms with van der Waals surface area (Å²) in [6, 6.07) is 0. The molecule has 0 aliphatic heterocycles. The van der Waals surface area contributed by atoms with Gasteiger partial charge >= 0.3 is 12.4 Å². The number of hydrogen-bond donors (Lipinski definition) is 0. The number of Topliss-reactive ketones (excluding diaryl/α,β-unsaturated/α-hetero) is 2. The van der Waals surface area contributed by atoms with E-state index in [1.165, 1.54) is 0 Å². The van der Waals surface area contributed by atoms with Crippen molar-refractivity contribution in [2.75, 3.05) is 0 Å². The fourth-order valence-electron chi connectivity index (χ4n) is 1.63. The Morgan fingerprint density at radius 3 is 1.06 bits per heavy atom. The molecule has 0 atom stereocenters. The zero-order valence-electron chi connectivity index (χ0n) is 9.08. The smallest absolute Gasteiger partial charge is 0.289 e. The van der Waals surface area contributed by atoms with Crippen molar-refractivity contribution in [1.82, 2.24) is 0 Å². The second-order valence-corrected chi connectivity index (χ2v) is 3.65. The highest BCUT2D eigenvalue weighted by atomic mass is 19.4. The van der Waals surface area contributed by atoms with Gasteiger partial charge in [0.25, 0.3) is 0 Å².